The molecule has 0 radical (unpaired) electrons. The van der Waals surface area contributed by atoms with Gasteiger partial charge in [-0.3, -0.25) is 4.79 Å². The third kappa shape index (κ3) is 7.25. The van der Waals surface area contributed by atoms with Gasteiger partial charge in [-0.2, -0.15) is 0 Å². The predicted octanol–water partition coefficient (Wildman–Crippen LogP) is 1.30. The van der Waals surface area contributed by atoms with E-state index >= 15 is 0 Å². The molecular weight excluding hydrogens is 268 g/mol. The van der Waals surface area contributed by atoms with Gasteiger partial charge in [0.05, 0.1) is 12.1 Å². The summed E-state index contributed by atoms with van der Waals surface area (Å²) in [5.41, 5.74) is 0. The summed E-state index contributed by atoms with van der Waals surface area (Å²) in [5.74, 6) is 0.596. The van der Waals surface area contributed by atoms with E-state index in [0.29, 0.717) is 19.0 Å². The van der Waals surface area contributed by atoms with Crippen LogP contribution in [-0.4, -0.2) is 49.0 Å². The summed E-state index contributed by atoms with van der Waals surface area (Å²) in [7, 11) is 0. The molecule has 124 valence electrons. The van der Waals surface area contributed by atoms with Crippen molar-refractivity contribution in [3.05, 3.63) is 0 Å². The number of hydrogen-bond acceptors (Lipinski definition) is 4. The molecule has 1 heterocycles. The fraction of sp³-hybridized carbons (Fsp3) is 0.938. The van der Waals surface area contributed by atoms with Gasteiger partial charge >= 0.3 is 0 Å². The summed E-state index contributed by atoms with van der Waals surface area (Å²) in [6.45, 7) is 10.1. The lowest BCUT2D eigenvalue weighted by Gasteiger charge is -2.30. The zero-order valence-electron chi connectivity index (χ0n) is 13.9. The van der Waals surface area contributed by atoms with Crippen molar-refractivity contribution in [3.8, 4) is 0 Å². The van der Waals surface area contributed by atoms with E-state index in [4.69, 9.17) is 4.74 Å². The maximum absolute atomic E-state index is 12.4. The first-order chi connectivity index (χ1) is 9.90. The largest absolute Gasteiger partial charge is 0.393 e. The third-order valence-electron chi connectivity index (χ3n) is 3.95. The van der Waals surface area contributed by atoms with Gasteiger partial charge in [-0.25, -0.2) is 0 Å². The lowest BCUT2D eigenvalue weighted by Crippen LogP contribution is -2.52. The normalized spacial score (nSPS) is 21.0. The Hall–Kier alpha value is -0.650. The molecule has 21 heavy (non-hydrogen) atoms. The number of nitrogens with one attached hydrogen (secondary N) is 2. The number of carbonyl (C=O) groups excluding carboxylic acids is 1. The molecule has 0 aromatic carbocycles. The molecule has 3 unspecified atom stereocenters. The molecule has 1 saturated heterocycles. The van der Waals surface area contributed by atoms with E-state index in [0.717, 1.165) is 26.1 Å². The van der Waals surface area contributed by atoms with Crippen LogP contribution in [0.25, 0.3) is 0 Å². The van der Waals surface area contributed by atoms with Crippen molar-refractivity contribution >= 4 is 5.91 Å². The standard InChI is InChI=1S/C16H32N2O3/c1-11(2)15(18-14-5-7-21-8-6-14)16(20)17-10-12(3)9-13(4)19/h11-15,18-19H,5-10H2,1-4H3,(H,17,20). The molecule has 1 amide bonds. The van der Waals surface area contributed by atoms with Crippen molar-refractivity contribution in [2.45, 2.75) is 65.1 Å². The van der Waals surface area contributed by atoms with E-state index < -0.39 is 0 Å². The molecular formula is C16H32N2O3. The second-order valence-corrected chi connectivity index (χ2v) is 6.71. The van der Waals surface area contributed by atoms with Crippen LogP contribution in [0.1, 0.15) is 47.0 Å². The van der Waals surface area contributed by atoms with Crippen LogP contribution in [0, 0.1) is 11.8 Å². The monoisotopic (exact) mass is 300 g/mol. The first-order valence-electron chi connectivity index (χ1n) is 8.19. The summed E-state index contributed by atoms with van der Waals surface area (Å²) >= 11 is 0. The van der Waals surface area contributed by atoms with Gasteiger partial charge in [-0.05, 0) is 38.0 Å². The SMILES string of the molecule is CC(O)CC(C)CNC(=O)C(NC1CCOCC1)C(C)C. The average Bonchev–Trinajstić information content (AvgIpc) is 2.42. The Morgan fingerprint density at radius 3 is 2.38 bits per heavy atom. The number of aliphatic hydroxyl groups excluding tert-OH is 1. The zero-order chi connectivity index (χ0) is 15.8. The average molecular weight is 300 g/mol. The highest BCUT2D eigenvalue weighted by molar-refractivity contribution is 5.82. The molecule has 1 aliphatic rings. The van der Waals surface area contributed by atoms with Crippen LogP contribution in [0.5, 0.6) is 0 Å². The Bertz CT molecular complexity index is 302. The summed E-state index contributed by atoms with van der Waals surface area (Å²) in [4.78, 5) is 12.4. The Kier molecular flexibility index (Phi) is 8.22. The molecule has 0 spiro atoms. The summed E-state index contributed by atoms with van der Waals surface area (Å²) in [6, 6.07) is 0.207. The van der Waals surface area contributed by atoms with Crippen LogP contribution in [0.3, 0.4) is 0 Å². The van der Waals surface area contributed by atoms with Crippen LogP contribution in [-0.2, 0) is 9.53 Å². The Balaban J connectivity index is 2.41. The molecule has 5 heteroatoms. The topological polar surface area (TPSA) is 70.6 Å². The fourth-order valence-electron chi connectivity index (χ4n) is 2.74. The van der Waals surface area contributed by atoms with Gasteiger partial charge in [-0.15, -0.1) is 0 Å². The Labute approximate surface area is 128 Å². The van der Waals surface area contributed by atoms with Crippen molar-refractivity contribution in [2.75, 3.05) is 19.8 Å². The molecule has 1 aliphatic heterocycles. The van der Waals surface area contributed by atoms with E-state index in [9.17, 15) is 9.90 Å². The minimum absolute atomic E-state index is 0.0638. The maximum atomic E-state index is 12.4. The number of carbonyl (C=O) groups is 1. The fourth-order valence-corrected chi connectivity index (χ4v) is 2.74. The summed E-state index contributed by atoms with van der Waals surface area (Å²) in [6.07, 6.45) is 2.32. The van der Waals surface area contributed by atoms with E-state index in [2.05, 4.69) is 24.5 Å². The van der Waals surface area contributed by atoms with Crippen molar-refractivity contribution in [1.29, 1.82) is 0 Å². The molecule has 0 aromatic heterocycles. The highest BCUT2D eigenvalue weighted by atomic mass is 16.5. The Morgan fingerprint density at radius 1 is 1.24 bits per heavy atom. The lowest BCUT2D eigenvalue weighted by atomic mass is 9.99. The molecule has 0 bridgehead atoms. The number of amides is 1. The lowest BCUT2D eigenvalue weighted by molar-refractivity contribution is -0.124. The smallest absolute Gasteiger partial charge is 0.237 e. The molecule has 0 aromatic rings. The highest BCUT2D eigenvalue weighted by Gasteiger charge is 2.26. The number of aliphatic hydroxyl groups is 1. The first kappa shape index (κ1) is 18.4. The minimum atomic E-state index is -0.321. The van der Waals surface area contributed by atoms with E-state index in [1.165, 1.54) is 0 Å². The molecule has 0 saturated carbocycles. The van der Waals surface area contributed by atoms with Gasteiger partial charge in [0.25, 0.3) is 0 Å². The number of ether oxygens (including phenoxy) is 1. The van der Waals surface area contributed by atoms with Gasteiger partial charge < -0.3 is 20.5 Å². The van der Waals surface area contributed by atoms with Gasteiger partial charge in [0.2, 0.25) is 5.91 Å². The second kappa shape index (κ2) is 9.38. The van der Waals surface area contributed by atoms with Crippen LogP contribution in [0.4, 0.5) is 0 Å². The van der Waals surface area contributed by atoms with Crippen LogP contribution in [0.2, 0.25) is 0 Å². The molecule has 3 N–H and O–H groups in total. The van der Waals surface area contributed by atoms with Crippen molar-refractivity contribution in [3.63, 3.8) is 0 Å². The zero-order valence-corrected chi connectivity index (χ0v) is 13.9. The summed E-state index contributed by atoms with van der Waals surface area (Å²) < 4.78 is 5.35. The van der Waals surface area contributed by atoms with Crippen LogP contribution < -0.4 is 10.6 Å². The van der Waals surface area contributed by atoms with E-state index in [1.807, 2.05) is 6.92 Å². The molecule has 0 aliphatic carbocycles. The van der Waals surface area contributed by atoms with Gasteiger partial charge in [0.1, 0.15) is 0 Å². The van der Waals surface area contributed by atoms with Crippen molar-refractivity contribution in [1.82, 2.24) is 10.6 Å². The van der Waals surface area contributed by atoms with Crippen LogP contribution >= 0.6 is 0 Å². The van der Waals surface area contributed by atoms with E-state index in [1.54, 1.807) is 6.92 Å². The maximum Gasteiger partial charge on any atom is 0.237 e. The van der Waals surface area contributed by atoms with Gasteiger partial charge in [0, 0.05) is 25.8 Å². The highest BCUT2D eigenvalue weighted by Crippen LogP contribution is 2.11. The van der Waals surface area contributed by atoms with Crippen molar-refractivity contribution < 1.29 is 14.6 Å². The van der Waals surface area contributed by atoms with Crippen molar-refractivity contribution in [2.24, 2.45) is 11.8 Å². The summed E-state index contributed by atoms with van der Waals surface area (Å²) in [5, 5.41) is 15.9. The van der Waals surface area contributed by atoms with Gasteiger partial charge in [-0.1, -0.05) is 20.8 Å². The van der Waals surface area contributed by atoms with E-state index in [-0.39, 0.29) is 29.9 Å². The third-order valence-corrected chi connectivity index (χ3v) is 3.95. The molecule has 1 rings (SSSR count). The quantitative estimate of drug-likeness (QED) is 0.632. The number of rotatable bonds is 8. The minimum Gasteiger partial charge on any atom is -0.393 e. The van der Waals surface area contributed by atoms with Gasteiger partial charge in [0.15, 0.2) is 0 Å². The predicted molar refractivity (Wildman–Crippen MR) is 84.1 cm³/mol. The van der Waals surface area contributed by atoms with Crippen LogP contribution in [0.15, 0.2) is 0 Å². The number of hydrogen-bond donors (Lipinski definition) is 3. The first-order valence-corrected chi connectivity index (χ1v) is 8.19. The molecule has 1 fully saturated rings. The Morgan fingerprint density at radius 2 is 1.86 bits per heavy atom. The second-order valence-electron chi connectivity index (χ2n) is 6.71. The molecule has 3 atom stereocenters. The molecule has 5 nitrogen and oxygen atoms in total.